The summed E-state index contributed by atoms with van der Waals surface area (Å²) in [6.07, 6.45) is 0.557. The van der Waals surface area contributed by atoms with E-state index in [1.165, 1.54) is 6.07 Å². The van der Waals surface area contributed by atoms with Crippen LogP contribution in [-0.4, -0.2) is 27.7 Å². The van der Waals surface area contributed by atoms with Crippen molar-refractivity contribution >= 4 is 17.2 Å². The van der Waals surface area contributed by atoms with Crippen LogP contribution >= 0.6 is 0 Å². The Labute approximate surface area is 156 Å². The molecule has 0 aliphatic carbocycles. The van der Waals surface area contributed by atoms with Gasteiger partial charge in [0, 0.05) is 18.2 Å². The molecule has 0 aliphatic heterocycles. The number of phenolic OH excluding ortho intramolecular Hbond substituents is 2. The van der Waals surface area contributed by atoms with Crippen LogP contribution in [0.2, 0.25) is 0 Å². The number of aromatic hydroxyl groups is 2. The number of aliphatic hydroxyl groups excluding tert-OH is 1. The molecule has 6 nitrogen and oxygen atoms in total. The number of ketones is 1. The van der Waals surface area contributed by atoms with E-state index in [2.05, 4.69) is 10.2 Å². The zero-order valence-electron chi connectivity index (χ0n) is 14.4. The van der Waals surface area contributed by atoms with E-state index in [0.29, 0.717) is 17.7 Å². The Kier molecular flexibility index (Phi) is 5.58. The van der Waals surface area contributed by atoms with E-state index in [1.807, 2.05) is 12.1 Å². The average molecular weight is 362 g/mol. The number of carbonyl (C=O) groups is 1. The molecule has 0 atom stereocenters. The maximum atomic E-state index is 12.6. The fourth-order valence-electron chi connectivity index (χ4n) is 2.54. The van der Waals surface area contributed by atoms with Crippen LogP contribution < -0.4 is 0 Å². The van der Waals surface area contributed by atoms with Crippen molar-refractivity contribution in [3.8, 4) is 11.5 Å². The van der Waals surface area contributed by atoms with E-state index < -0.39 is 0 Å². The highest BCUT2D eigenvalue weighted by Crippen LogP contribution is 2.35. The van der Waals surface area contributed by atoms with Gasteiger partial charge in [-0.2, -0.15) is 5.11 Å². The van der Waals surface area contributed by atoms with Crippen LogP contribution in [-0.2, 0) is 6.42 Å². The third kappa shape index (κ3) is 4.37. The smallest absolute Gasteiger partial charge is 0.196 e. The second-order valence-corrected chi connectivity index (χ2v) is 5.89. The molecule has 3 N–H and O–H groups in total. The summed E-state index contributed by atoms with van der Waals surface area (Å²) in [5, 5.41) is 37.0. The maximum absolute atomic E-state index is 12.6. The molecular formula is C21H18N2O4. The fraction of sp³-hybridized carbons (Fsp3) is 0.0952. The van der Waals surface area contributed by atoms with Crippen LogP contribution in [0, 0.1) is 0 Å². The van der Waals surface area contributed by atoms with Crippen molar-refractivity contribution in [1.82, 2.24) is 0 Å². The molecule has 0 saturated carbocycles. The van der Waals surface area contributed by atoms with Gasteiger partial charge in [-0.15, -0.1) is 5.11 Å². The Balaban J connectivity index is 1.88. The molecule has 0 unspecified atom stereocenters. The predicted molar refractivity (Wildman–Crippen MR) is 101 cm³/mol. The van der Waals surface area contributed by atoms with Gasteiger partial charge >= 0.3 is 0 Å². The maximum Gasteiger partial charge on any atom is 0.196 e. The van der Waals surface area contributed by atoms with Crippen molar-refractivity contribution in [1.29, 1.82) is 0 Å². The predicted octanol–water partition coefficient (Wildman–Crippen LogP) is 4.28. The molecular weight excluding hydrogens is 344 g/mol. The quantitative estimate of drug-likeness (QED) is 0.450. The summed E-state index contributed by atoms with van der Waals surface area (Å²) in [6, 6.07) is 18.0. The van der Waals surface area contributed by atoms with Gasteiger partial charge in [0.1, 0.15) is 17.2 Å². The minimum Gasteiger partial charge on any atom is -0.507 e. The van der Waals surface area contributed by atoms with Gasteiger partial charge < -0.3 is 15.3 Å². The molecule has 3 aromatic carbocycles. The number of nitrogens with zero attached hydrogens (tertiary/aromatic N) is 2. The normalized spacial score (nSPS) is 11.0. The summed E-state index contributed by atoms with van der Waals surface area (Å²) in [6.45, 7) is 0.0699. The monoisotopic (exact) mass is 362 g/mol. The van der Waals surface area contributed by atoms with Crippen molar-refractivity contribution in [3.63, 3.8) is 0 Å². The van der Waals surface area contributed by atoms with Gasteiger partial charge in [0.05, 0.1) is 11.3 Å². The van der Waals surface area contributed by atoms with E-state index in [1.54, 1.807) is 42.5 Å². The number of carbonyl (C=O) groups excluding carboxylic acids is 1. The van der Waals surface area contributed by atoms with E-state index in [-0.39, 0.29) is 35.1 Å². The Morgan fingerprint density at radius 3 is 2.22 bits per heavy atom. The SMILES string of the molecule is O=C(c1ccccc1)c1cc(/N=N/c2ccc(CCO)cc2)c(O)cc1O. The summed E-state index contributed by atoms with van der Waals surface area (Å²) in [4.78, 5) is 12.6. The lowest BCUT2D eigenvalue weighted by Crippen LogP contribution is -2.01. The van der Waals surface area contributed by atoms with Crippen molar-refractivity contribution in [3.05, 3.63) is 83.4 Å². The molecule has 6 heteroatoms. The van der Waals surface area contributed by atoms with Crippen molar-refractivity contribution in [2.24, 2.45) is 10.2 Å². The van der Waals surface area contributed by atoms with Crippen molar-refractivity contribution < 1.29 is 20.1 Å². The van der Waals surface area contributed by atoms with E-state index in [9.17, 15) is 15.0 Å². The largest absolute Gasteiger partial charge is 0.507 e. The van der Waals surface area contributed by atoms with Gasteiger partial charge in [-0.1, -0.05) is 42.5 Å². The third-order valence-electron chi connectivity index (χ3n) is 3.98. The number of hydrogen-bond donors (Lipinski definition) is 3. The van der Waals surface area contributed by atoms with E-state index >= 15 is 0 Å². The van der Waals surface area contributed by atoms with Crippen molar-refractivity contribution in [2.75, 3.05) is 6.61 Å². The lowest BCUT2D eigenvalue weighted by Gasteiger charge is -2.06. The van der Waals surface area contributed by atoms with E-state index in [0.717, 1.165) is 11.6 Å². The summed E-state index contributed by atoms with van der Waals surface area (Å²) in [5.74, 6) is -0.982. The number of phenols is 2. The van der Waals surface area contributed by atoms with Crippen LogP contribution in [0.4, 0.5) is 11.4 Å². The summed E-state index contributed by atoms with van der Waals surface area (Å²) < 4.78 is 0. The number of hydrogen-bond acceptors (Lipinski definition) is 6. The topological polar surface area (TPSA) is 102 Å². The number of azo groups is 1. The number of benzene rings is 3. The third-order valence-corrected chi connectivity index (χ3v) is 3.98. The molecule has 0 spiro atoms. The Bertz CT molecular complexity index is 967. The van der Waals surface area contributed by atoms with Gasteiger partial charge in [-0.05, 0) is 30.2 Å². The van der Waals surface area contributed by atoms with Crippen LogP contribution in [0.1, 0.15) is 21.5 Å². The molecule has 0 amide bonds. The molecule has 136 valence electrons. The number of aliphatic hydroxyl groups is 1. The molecule has 3 rings (SSSR count). The van der Waals surface area contributed by atoms with Gasteiger partial charge in [0.15, 0.2) is 5.78 Å². The highest BCUT2D eigenvalue weighted by molar-refractivity contribution is 6.11. The average Bonchev–Trinajstić information content (AvgIpc) is 2.69. The van der Waals surface area contributed by atoms with Gasteiger partial charge in [0.2, 0.25) is 0 Å². The first-order valence-corrected chi connectivity index (χ1v) is 8.36. The first-order chi connectivity index (χ1) is 13.1. The van der Waals surface area contributed by atoms with Gasteiger partial charge in [-0.3, -0.25) is 4.79 Å². The van der Waals surface area contributed by atoms with Crippen LogP contribution in [0.5, 0.6) is 11.5 Å². The molecule has 0 fully saturated rings. The first kappa shape index (κ1) is 18.3. The molecule has 27 heavy (non-hydrogen) atoms. The van der Waals surface area contributed by atoms with Crippen LogP contribution in [0.25, 0.3) is 0 Å². The van der Waals surface area contributed by atoms with Crippen LogP contribution in [0.3, 0.4) is 0 Å². The highest BCUT2D eigenvalue weighted by Gasteiger charge is 2.16. The number of rotatable bonds is 6. The summed E-state index contributed by atoms with van der Waals surface area (Å²) >= 11 is 0. The summed E-state index contributed by atoms with van der Waals surface area (Å²) in [7, 11) is 0. The van der Waals surface area contributed by atoms with Gasteiger partial charge in [-0.25, -0.2) is 0 Å². The lowest BCUT2D eigenvalue weighted by atomic mass is 10.0. The molecule has 0 aliphatic rings. The molecule has 0 bridgehead atoms. The molecule has 0 heterocycles. The fourth-order valence-corrected chi connectivity index (χ4v) is 2.54. The Hall–Kier alpha value is -3.51. The zero-order valence-corrected chi connectivity index (χ0v) is 14.4. The zero-order chi connectivity index (χ0) is 19.2. The minimum absolute atomic E-state index is 0.0336. The summed E-state index contributed by atoms with van der Waals surface area (Å²) in [5.41, 5.74) is 2.05. The minimum atomic E-state index is -0.377. The molecule has 0 radical (unpaired) electrons. The van der Waals surface area contributed by atoms with Gasteiger partial charge in [0.25, 0.3) is 0 Å². The Morgan fingerprint density at radius 1 is 0.852 bits per heavy atom. The van der Waals surface area contributed by atoms with E-state index in [4.69, 9.17) is 5.11 Å². The highest BCUT2D eigenvalue weighted by atomic mass is 16.3. The second-order valence-electron chi connectivity index (χ2n) is 5.89. The second kappa shape index (κ2) is 8.25. The first-order valence-electron chi connectivity index (χ1n) is 8.36. The lowest BCUT2D eigenvalue weighted by molar-refractivity contribution is 0.103. The Morgan fingerprint density at radius 2 is 1.56 bits per heavy atom. The molecule has 3 aromatic rings. The molecule has 0 saturated heterocycles. The van der Waals surface area contributed by atoms with Crippen molar-refractivity contribution in [2.45, 2.75) is 6.42 Å². The molecule has 0 aromatic heterocycles. The standard InChI is InChI=1S/C21H18N2O4/c24-11-10-14-6-8-16(9-7-14)22-23-18-12-17(19(25)13-20(18)26)21(27)15-4-2-1-3-5-15/h1-9,12-13,24-26H,10-11H2/b23-22+. The van der Waals surface area contributed by atoms with Crippen LogP contribution in [0.15, 0.2) is 77.0 Å².